The minimum atomic E-state index is -0.581. The quantitative estimate of drug-likeness (QED) is 0.302. The van der Waals surface area contributed by atoms with E-state index in [-0.39, 0.29) is 31.4 Å². The van der Waals surface area contributed by atoms with Crippen molar-refractivity contribution in [1.29, 1.82) is 0 Å². The Balaban J connectivity index is 0.000000336. The van der Waals surface area contributed by atoms with Crippen molar-refractivity contribution in [3.05, 3.63) is 86.3 Å². The predicted octanol–water partition coefficient (Wildman–Crippen LogP) is 7.48. The molecule has 0 saturated heterocycles. The molecule has 0 saturated carbocycles. The van der Waals surface area contributed by atoms with Gasteiger partial charge in [0.05, 0.1) is 15.1 Å². The number of amides is 1. The predicted molar refractivity (Wildman–Crippen MR) is 115 cm³/mol. The molecule has 146 valence electrons. The molecular weight excluding hydrogens is 467 g/mol. The molecule has 2 N–H and O–H groups in total. The molecule has 0 radical (unpaired) electrons. The van der Waals surface area contributed by atoms with Crippen molar-refractivity contribution in [2.75, 3.05) is 5.32 Å². The van der Waals surface area contributed by atoms with Gasteiger partial charge in [0.15, 0.2) is 5.75 Å². The van der Waals surface area contributed by atoms with Crippen molar-refractivity contribution < 1.29 is 14.2 Å². The summed E-state index contributed by atoms with van der Waals surface area (Å²) < 4.78 is 4.60. The molecule has 3 rings (SSSR count). The number of benzene rings is 3. The van der Waals surface area contributed by atoms with Crippen molar-refractivity contribution in [3.63, 3.8) is 0 Å². The summed E-state index contributed by atoms with van der Waals surface area (Å²) in [6.07, 6.45) is 0. The van der Waals surface area contributed by atoms with E-state index in [9.17, 15) is 4.79 Å². The third-order valence-corrected chi connectivity index (χ3v) is 5.26. The lowest BCUT2D eigenvalue weighted by atomic mass is 10.1. The summed E-state index contributed by atoms with van der Waals surface area (Å²) in [5.41, 5.74) is 0.455. The van der Waals surface area contributed by atoms with Crippen LogP contribution in [0.3, 0.4) is 0 Å². The van der Waals surface area contributed by atoms with Crippen molar-refractivity contribution >= 4 is 69.9 Å². The Labute approximate surface area is 186 Å². The molecule has 0 aromatic heterocycles. The first kappa shape index (κ1) is 22.5. The smallest absolute Gasteiger partial charge is 0.261 e. The van der Waals surface area contributed by atoms with Crippen LogP contribution in [0.2, 0.25) is 20.1 Å². The molecule has 1 amide bonds. The molecule has 28 heavy (non-hydrogen) atoms. The van der Waals surface area contributed by atoms with E-state index >= 15 is 0 Å². The molecular formula is C19H12Cl5NO3. The van der Waals surface area contributed by atoms with E-state index in [2.05, 4.69) is 9.61 Å². The monoisotopic (exact) mass is 477 g/mol. The first-order valence-electron chi connectivity index (χ1n) is 7.61. The molecule has 0 aliphatic carbocycles. The van der Waals surface area contributed by atoms with Gasteiger partial charge in [-0.1, -0.05) is 82.8 Å². The molecule has 0 fully saturated rings. The van der Waals surface area contributed by atoms with E-state index in [0.29, 0.717) is 11.4 Å². The van der Waals surface area contributed by atoms with Crippen LogP contribution in [0, 0.1) is 0 Å². The van der Waals surface area contributed by atoms with Gasteiger partial charge in [-0.25, -0.2) is 0 Å². The Morgan fingerprint density at radius 1 is 0.786 bits per heavy atom. The Morgan fingerprint density at radius 3 is 1.75 bits per heavy atom. The van der Waals surface area contributed by atoms with Gasteiger partial charge in [0.2, 0.25) is 0 Å². The van der Waals surface area contributed by atoms with Crippen LogP contribution < -0.4 is 9.61 Å². The lowest BCUT2D eigenvalue weighted by Crippen LogP contribution is -2.14. The molecule has 3 aromatic rings. The van der Waals surface area contributed by atoms with Crippen molar-refractivity contribution in [2.24, 2.45) is 0 Å². The summed E-state index contributed by atoms with van der Waals surface area (Å²) in [4.78, 5) is 12.3. The Kier molecular flexibility index (Phi) is 8.55. The molecule has 0 aliphatic heterocycles. The normalized spacial score (nSPS) is 9.89. The van der Waals surface area contributed by atoms with Crippen LogP contribution in [-0.4, -0.2) is 11.0 Å². The van der Waals surface area contributed by atoms with E-state index in [1.54, 1.807) is 48.5 Å². The van der Waals surface area contributed by atoms with Gasteiger partial charge in [-0.05, 0) is 24.3 Å². The molecule has 3 aromatic carbocycles. The van der Waals surface area contributed by atoms with Crippen LogP contribution in [-0.2, 0) is 0 Å². The summed E-state index contributed by atoms with van der Waals surface area (Å²) in [5, 5.41) is 11.0. The minimum absolute atomic E-state index is 0.0461. The molecule has 0 unspecified atom stereocenters. The fraction of sp³-hybridized carbons (Fsp3) is 0. The number of nitrogens with one attached hydrogen (secondary N) is 1. The van der Waals surface area contributed by atoms with E-state index in [0.717, 1.165) is 0 Å². The summed E-state index contributed by atoms with van der Waals surface area (Å²) >= 11 is 29.2. The van der Waals surface area contributed by atoms with Gasteiger partial charge >= 0.3 is 0 Å². The second-order valence-electron chi connectivity index (χ2n) is 5.19. The highest BCUT2D eigenvalue weighted by atomic mass is 35.5. The highest BCUT2D eigenvalue weighted by molar-refractivity contribution is 6.53. The van der Waals surface area contributed by atoms with Gasteiger partial charge in [0, 0.05) is 5.69 Å². The average molecular weight is 480 g/mol. The fourth-order valence-electron chi connectivity index (χ4n) is 2.03. The maximum atomic E-state index is 12.3. The topological polar surface area (TPSA) is 58.6 Å². The average Bonchev–Trinajstić information content (AvgIpc) is 2.70. The van der Waals surface area contributed by atoms with E-state index in [4.69, 9.17) is 63.4 Å². The highest BCUT2D eigenvalue weighted by Gasteiger charge is 2.26. The number of anilines is 1. The van der Waals surface area contributed by atoms with Gasteiger partial charge < -0.3 is 14.7 Å². The number of aromatic hydroxyl groups is 1. The number of phenols is 1. The largest absolute Gasteiger partial charge is 0.508 e. The van der Waals surface area contributed by atoms with Gasteiger partial charge in [0.25, 0.3) is 5.91 Å². The number of hydrogen-bond donors (Lipinski definition) is 2. The van der Waals surface area contributed by atoms with Crippen LogP contribution in [0.15, 0.2) is 60.7 Å². The van der Waals surface area contributed by atoms with Crippen LogP contribution in [0.25, 0.3) is 0 Å². The zero-order valence-corrected chi connectivity index (χ0v) is 17.7. The molecule has 0 aliphatic rings. The van der Waals surface area contributed by atoms with E-state index in [1.807, 2.05) is 12.1 Å². The first-order chi connectivity index (χ1) is 13.4. The summed E-state index contributed by atoms with van der Waals surface area (Å²) in [6, 6.07) is 17.4. The second kappa shape index (κ2) is 10.6. The van der Waals surface area contributed by atoms with Gasteiger partial charge in [-0.2, -0.15) is 0 Å². The Morgan fingerprint density at radius 2 is 1.29 bits per heavy atom. The van der Waals surface area contributed by atoms with Crippen LogP contribution in [0.1, 0.15) is 10.4 Å². The molecule has 0 bridgehead atoms. The Bertz CT molecular complexity index is 953. The highest BCUT2D eigenvalue weighted by Crippen LogP contribution is 2.46. The number of phenolic OH excluding ortho intramolecular Hbond substituents is 1. The summed E-state index contributed by atoms with van der Waals surface area (Å²) in [5.74, 6) is -0.420. The van der Waals surface area contributed by atoms with Crippen molar-refractivity contribution in [1.82, 2.24) is 0 Å². The zero-order chi connectivity index (χ0) is 20.7. The number of halogens is 5. The third-order valence-electron chi connectivity index (χ3n) is 3.32. The van der Waals surface area contributed by atoms with Gasteiger partial charge in [-0.3, -0.25) is 4.79 Å². The molecule has 9 heteroatoms. The van der Waals surface area contributed by atoms with Crippen LogP contribution in [0.4, 0.5) is 5.69 Å². The lowest BCUT2D eigenvalue weighted by molar-refractivity contribution is 0.102. The first-order valence-corrected chi connectivity index (χ1v) is 9.43. The van der Waals surface area contributed by atoms with Crippen molar-refractivity contribution in [3.8, 4) is 11.5 Å². The third kappa shape index (κ3) is 5.60. The Hall–Kier alpha value is -1.82. The van der Waals surface area contributed by atoms with Crippen LogP contribution >= 0.6 is 58.3 Å². The number of rotatable bonds is 3. The zero-order valence-electron chi connectivity index (χ0n) is 13.9. The number of carbonyl (C=O) groups excluding carboxylic acids is 1. The number of para-hydroxylation sites is 2. The van der Waals surface area contributed by atoms with E-state index < -0.39 is 5.91 Å². The van der Waals surface area contributed by atoms with Gasteiger partial charge in [-0.15, -0.1) is 0 Å². The summed E-state index contributed by atoms with van der Waals surface area (Å²) in [6.45, 7) is 0. The SMILES string of the molecule is O=C(Nc1ccccc1)c1c(Cl)c(Cl)c(Cl)c(Cl)c1OCl.Oc1ccccc1. The minimum Gasteiger partial charge on any atom is -0.508 e. The molecule has 0 spiro atoms. The molecule has 4 nitrogen and oxygen atoms in total. The maximum absolute atomic E-state index is 12.3. The standard InChI is InChI=1S/C13H6Cl5NO2.C6H6O/c14-8-7(12(21-18)11(17)10(16)9(8)15)13(20)19-6-4-2-1-3-5-6;7-6-4-2-1-3-5-6/h1-5H,(H,19,20);1-5,7H. The number of carbonyl (C=O) groups is 1. The molecule has 0 atom stereocenters. The van der Waals surface area contributed by atoms with Gasteiger partial charge in [0.1, 0.15) is 28.2 Å². The fourth-order valence-corrected chi connectivity index (χ4v) is 3.18. The number of hydrogen-bond acceptors (Lipinski definition) is 3. The summed E-state index contributed by atoms with van der Waals surface area (Å²) in [7, 11) is 0. The van der Waals surface area contributed by atoms with Crippen LogP contribution in [0.5, 0.6) is 11.5 Å². The molecule has 0 heterocycles. The van der Waals surface area contributed by atoms with E-state index in [1.165, 1.54) is 0 Å². The maximum Gasteiger partial charge on any atom is 0.261 e. The second-order valence-corrected chi connectivity index (χ2v) is 6.86. The van der Waals surface area contributed by atoms with Crippen molar-refractivity contribution in [2.45, 2.75) is 0 Å². The lowest BCUT2D eigenvalue weighted by Gasteiger charge is -2.13.